The van der Waals surface area contributed by atoms with Gasteiger partial charge in [-0.1, -0.05) is 0 Å². The molecule has 2 aromatic rings. The van der Waals surface area contributed by atoms with Crippen LogP contribution in [0.15, 0.2) is 30.5 Å². The lowest BCUT2D eigenvalue weighted by atomic mass is 10.1. The summed E-state index contributed by atoms with van der Waals surface area (Å²) < 4.78 is 49.2. The molecule has 2 fully saturated rings. The van der Waals surface area contributed by atoms with Crippen molar-refractivity contribution >= 4 is 34.3 Å². The van der Waals surface area contributed by atoms with Crippen LogP contribution >= 0.6 is 0 Å². The number of hydrogen-bond acceptors (Lipinski definition) is 12. The molecule has 0 bridgehead atoms. The van der Waals surface area contributed by atoms with Gasteiger partial charge < -0.3 is 44.7 Å². The summed E-state index contributed by atoms with van der Waals surface area (Å²) in [5.74, 6) is -4.33. The third-order valence-corrected chi connectivity index (χ3v) is 9.08. The number of rotatable bonds is 22. The zero-order valence-electron chi connectivity index (χ0n) is 30.5. The molecular formula is C36H52F2N8O7. The molecule has 17 heteroatoms. The van der Waals surface area contributed by atoms with Crippen molar-refractivity contribution in [2.24, 2.45) is 5.73 Å². The highest BCUT2D eigenvalue weighted by molar-refractivity contribution is 6.07. The maximum absolute atomic E-state index is 13.8. The summed E-state index contributed by atoms with van der Waals surface area (Å²) in [5, 5.41) is 12.3. The Bertz CT molecular complexity index is 1520. The van der Waals surface area contributed by atoms with Crippen LogP contribution in [-0.4, -0.2) is 168 Å². The van der Waals surface area contributed by atoms with Crippen molar-refractivity contribution in [2.75, 3.05) is 124 Å². The normalized spacial score (nSPS) is 17.2. The zero-order chi connectivity index (χ0) is 38.1. The van der Waals surface area contributed by atoms with Crippen LogP contribution in [0.5, 0.6) is 0 Å². The fourth-order valence-corrected chi connectivity index (χ4v) is 6.16. The average Bonchev–Trinajstić information content (AvgIpc) is 3.49. The first-order valence-corrected chi connectivity index (χ1v) is 18.1. The zero-order valence-corrected chi connectivity index (χ0v) is 30.5. The molecule has 3 amide bonds. The SMILES string of the molecule is CN(CCCN1CCN(C(=O)CCOCCOCCOCCOCCN)CC1)c1ccc2nccc(C(=O)NCC(=O)N3CC(F)(F)C[C@@H]3C#N)c2c1. The number of fused-ring (bicyclic) bond motifs is 1. The Kier molecular flexibility index (Phi) is 17.0. The van der Waals surface area contributed by atoms with Crippen molar-refractivity contribution < 1.29 is 42.1 Å². The number of benzene rings is 1. The first kappa shape index (κ1) is 41.7. The van der Waals surface area contributed by atoms with Crippen LogP contribution in [0.2, 0.25) is 0 Å². The molecule has 3 N–H and O–H groups in total. The molecule has 0 spiro atoms. The van der Waals surface area contributed by atoms with E-state index in [4.69, 9.17) is 24.7 Å². The van der Waals surface area contributed by atoms with Crippen molar-refractivity contribution in [3.63, 3.8) is 0 Å². The van der Waals surface area contributed by atoms with Gasteiger partial charge in [-0.25, -0.2) is 8.78 Å². The van der Waals surface area contributed by atoms with Gasteiger partial charge in [-0.15, -0.1) is 0 Å². The number of nitrogens with two attached hydrogens (primary N) is 1. The van der Waals surface area contributed by atoms with E-state index in [1.54, 1.807) is 12.1 Å². The number of anilines is 1. The minimum absolute atomic E-state index is 0.0879. The molecule has 0 aliphatic carbocycles. The second-order valence-electron chi connectivity index (χ2n) is 13.0. The lowest BCUT2D eigenvalue weighted by molar-refractivity contribution is -0.134. The van der Waals surface area contributed by atoms with Gasteiger partial charge in [0.05, 0.1) is 89.5 Å². The van der Waals surface area contributed by atoms with Crippen LogP contribution in [0.1, 0.15) is 29.6 Å². The van der Waals surface area contributed by atoms with Gasteiger partial charge in [-0.2, -0.15) is 5.26 Å². The van der Waals surface area contributed by atoms with Crippen molar-refractivity contribution in [3.05, 3.63) is 36.0 Å². The summed E-state index contributed by atoms with van der Waals surface area (Å²) in [5.41, 5.74) is 7.12. The quantitative estimate of drug-likeness (QED) is 0.165. The molecule has 0 saturated carbocycles. The maximum Gasteiger partial charge on any atom is 0.268 e. The lowest BCUT2D eigenvalue weighted by Gasteiger charge is -2.35. The minimum Gasteiger partial charge on any atom is -0.379 e. The Balaban J connectivity index is 1.11. The molecule has 2 aliphatic rings. The maximum atomic E-state index is 13.8. The Hall–Kier alpha value is -4.05. The Morgan fingerprint density at radius 2 is 1.64 bits per heavy atom. The van der Waals surface area contributed by atoms with Gasteiger partial charge >= 0.3 is 0 Å². The van der Waals surface area contributed by atoms with Crippen LogP contribution in [0, 0.1) is 11.3 Å². The van der Waals surface area contributed by atoms with E-state index in [0.29, 0.717) is 95.4 Å². The third-order valence-electron chi connectivity index (χ3n) is 9.08. The Labute approximate surface area is 309 Å². The van der Waals surface area contributed by atoms with Gasteiger partial charge in [0.1, 0.15) is 6.04 Å². The van der Waals surface area contributed by atoms with Gasteiger partial charge in [0.15, 0.2) is 0 Å². The summed E-state index contributed by atoms with van der Waals surface area (Å²) in [7, 11) is 1.97. The van der Waals surface area contributed by atoms with Crippen LogP contribution in [0.3, 0.4) is 0 Å². The van der Waals surface area contributed by atoms with Crippen LogP contribution in [-0.2, 0) is 28.5 Å². The number of alkyl halides is 2. The van der Waals surface area contributed by atoms with Gasteiger partial charge in [-0.05, 0) is 37.2 Å². The number of aromatic nitrogens is 1. The summed E-state index contributed by atoms with van der Waals surface area (Å²) >= 11 is 0. The molecule has 4 rings (SSSR count). The predicted molar refractivity (Wildman–Crippen MR) is 193 cm³/mol. The third kappa shape index (κ3) is 13.4. The molecule has 0 unspecified atom stereocenters. The fourth-order valence-electron chi connectivity index (χ4n) is 6.16. The second kappa shape index (κ2) is 21.6. The molecule has 2 aliphatic heterocycles. The van der Waals surface area contributed by atoms with Crippen molar-refractivity contribution in [3.8, 4) is 6.07 Å². The monoisotopic (exact) mass is 746 g/mol. The first-order valence-electron chi connectivity index (χ1n) is 18.1. The van der Waals surface area contributed by atoms with E-state index in [9.17, 15) is 28.4 Å². The number of nitriles is 1. The number of nitrogens with one attached hydrogen (secondary N) is 1. The van der Waals surface area contributed by atoms with E-state index in [2.05, 4.69) is 20.1 Å². The number of likely N-dealkylation sites (tertiary alicyclic amines) is 1. The molecule has 2 saturated heterocycles. The number of halogens is 2. The largest absolute Gasteiger partial charge is 0.379 e. The van der Waals surface area contributed by atoms with E-state index in [1.807, 2.05) is 30.1 Å². The molecule has 1 aromatic carbocycles. The summed E-state index contributed by atoms with van der Waals surface area (Å²) in [6.07, 6.45) is 2.00. The van der Waals surface area contributed by atoms with E-state index < -0.39 is 43.3 Å². The first-order chi connectivity index (χ1) is 25.6. The Morgan fingerprint density at radius 3 is 2.30 bits per heavy atom. The highest BCUT2D eigenvalue weighted by atomic mass is 19.3. The fraction of sp³-hybridized carbons (Fsp3) is 0.639. The van der Waals surface area contributed by atoms with E-state index in [0.717, 1.165) is 43.2 Å². The predicted octanol–water partition coefficient (Wildman–Crippen LogP) is 1.11. The molecule has 53 heavy (non-hydrogen) atoms. The summed E-state index contributed by atoms with van der Waals surface area (Å²) in [6, 6.07) is 7.67. The molecule has 292 valence electrons. The number of hydrogen-bond donors (Lipinski definition) is 2. The molecule has 3 heterocycles. The highest BCUT2D eigenvalue weighted by Gasteiger charge is 2.47. The summed E-state index contributed by atoms with van der Waals surface area (Å²) in [6.45, 7) is 7.41. The number of carbonyl (C=O) groups is 3. The van der Waals surface area contributed by atoms with Crippen LogP contribution in [0.4, 0.5) is 14.5 Å². The molecule has 15 nitrogen and oxygen atoms in total. The number of pyridine rings is 1. The number of piperazine rings is 1. The van der Waals surface area contributed by atoms with E-state index >= 15 is 0 Å². The molecule has 1 atom stereocenters. The van der Waals surface area contributed by atoms with Gasteiger partial charge in [-0.3, -0.25) is 24.3 Å². The smallest absolute Gasteiger partial charge is 0.268 e. The van der Waals surface area contributed by atoms with Crippen molar-refractivity contribution in [1.29, 1.82) is 5.26 Å². The van der Waals surface area contributed by atoms with Crippen LogP contribution < -0.4 is 16.0 Å². The minimum atomic E-state index is -3.13. The van der Waals surface area contributed by atoms with E-state index in [1.165, 1.54) is 6.20 Å². The highest BCUT2D eigenvalue weighted by Crippen LogP contribution is 2.31. The average molecular weight is 747 g/mol. The van der Waals surface area contributed by atoms with Crippen molar-refractivity contribution in [2.45, 2.75) is 31.2 Å². The van der Waals surface area contributed by atoms with E-state index in [-0.39, 0.29) is 5.91 Å². The summed E-state index contributed by atoms with van der Waals surface area (Å²) in [4.78, 5) is 49.9. The number of carbonyl (C=O) groups excluding carboxylic acids is 3. The van der Waals surface area contributed by atoms with Gasteiger partial charge in [0.2, 0.25) is 11.8 Å². The number of amides is 3. The standard InChI is InChI=1S/C36H52F2N8O7/c1-43(9-2-10-44-11-13-45(14-12-44)33(47)6-15-50-17-19-52-21-22-53-20-18-51-16-7-39)28-3-4-32-31(23-28)30(5-8-41-32)35(49)42-26-34(48)46-27-36(37,38)24-29(46)25-40/h3-5,8,23,29H,2,6-7,9-22,24,26-27,39H2,1H3,(H,42,49)/t29-/m1/s1. The Morgan fingerprint density at radius 1 is 0.981 bits per heavy atom. The topological polar surface area (TPSA) is 176 Å². The van der Waals surface area contributed by atoms with Gasteiger partial charge in [0.25, 0.3) is 11.8 Å². The molecule has 0 radical (unpaired) electrons. The van der Waals surface area contributed by atoms with Crippen LogP contribution in [0.25, 0.3) is 10.9 Å². The number of ether oxygens (including phenoxy) is 4. The van der Waals surface area contributed by atoms with Crippen molar-refractivity contribution in [1.82, 2.24) is 25.0 Å². The molecular weight excluding hydrogens is 694 g/mol. The van der Waals surface area contributed by atoms with Gasteiger partial charge in [0, 0.05) is 70.0 Å². The second-order valence-corrected chi connectivity index (χ2v) is 13.0. The lowest BCUT2D eigenvalue weighted by Crippen LogP contribution is -2.49. The number of nitrogens with zero attached hydrogens (tertiary/aromatic N) is 6. The molecule has 1 aromatic heterocycles.